The van der Waals surface area contributed by atoms with Crippen molar-refractivity contribution in [2.75, 3.05) is 5.32 Å². The lowest BCUT2D eigenvalue weighted by Crippen LogP contribution is -2.14. The molecule has 1 atom stereocenters. The van der Waals surface area contributed by atoms with Crippen LogP contribution >= 0.6 is 0 Å². The SMILES string of the molecule is CC(Nc1ncnc2nc[nH]c12)c1nc2ccc(F)c(C3CC3)c2n1-c1ccccc1. The van der Waals surface area contributed by atoms with Gasteiger partial charge in [-0.2, -0.15) is 0 Å². The highest BCUT2D eigenvalue weighted by atomic mass is 19.1. The Labute approximate surface area is 177 Å². The van der Waals surface area contributed by atoms with Crippen LogP contribution in [-0.2, 0) is 0 Å². The predicted molar refractivity (Wildman–Crippen MR) is 117 cm³/mol. The van der Waals surface area contributed by atoms with Crippen LogP contribution in [0.15, 0.2) is 55.1 Å². The molecule has 5 aromatic rings. The molecule has 3 heterocycles. The quantitative estimate of drug-likeness (QED) is 0.429. The maximum absolute atomic E-state index is 14.9. The molecule has 0 aliphatic heterocycles. The van der Waals surface area contributed by atoms with Gasteiger partial charge in [-0.15, -0.1) is 0 Å². The Morgan fingerprint density at radius 1 is 1.10 bits per heavy atom. The van der Waals surface area contributed by atoms with Crippen molar-refractivity contribution in [1.29, 1.82) is 0 Å². The highest BCUT2D eigenvalue weighted by Crippen LogP contribution is 2.45. The summed E-state index contributed by atoms with van der Waals surface area (Å²) in [7, 11) is 0. The number of benzene rings is 2. The molecule has 154 valence electrons. The second-order valence-electron chi connectivity index (χ2n) is 7.93. The normalized spacial score (nSPS) is 14.9. The number of nitrogens with one attached hydrogen (secondary N) is 2. The smallest absolute Gasteiger partial charge is 0.182 e. The Kier molecular flexibility index (Phi) is 3.99. The summed E-state index contributed by atoms with van der Waals surface area (Å²) in [6.45, 7) is 2.03. The summed E-state index contributed by atoms with van der Waals surface area (Å²) in [6, 6.07) is 13.1. The van der Waals surface area contributed by atoms with E-state index in [1.54, 1.807) is 18.5 Å². The van der Waals surface area contributed by atoms with Gasteiger partial charge in [-0.05, 0) is 49.9 Å². The molecule has 0 bridgehead atoms. The van der Waals surface area contributed by atoms with E-state index in [9.17, 15) is 4.39 Å². The molecule has 1 aliphatic carbocycles. The molecule has 0 spiro atoms. The molecule has 6 rings (SSSR count). The minimum absolute atomic E-state index is 0.158. The van der Waals surface area contributed by atoms with Crippen LogP contribution in [0.5, 0.6) is 0 Å². The molecule has 0 radical (unpaired) electrons. The number of fused-ring (bicyclic) bond motifs is 2. The average molecular weight is 413 g/mol. The Hall–Kier alpha value is -3.81. The summed E-state index contributed by atoms with van der Waals surface area (Å²) >= 11 is 0. The van der Waals surface area contributed by atoms with E-state index in [1.165, 1.54) is 6.33 Å². The second-order valence-corrected chi connectivity index (χ2v) is 7.93. The number of aromatic nitrogens is 6. The van der Waals surface area contributed by atoms with Crippen molar-refractivity contribution >= 4 is 28.0 Å². The number of nitrogens with zero attached hydrogens (tertiary/aromatic N) is 5. The van der Waals surface area contributed by atoms with Gasteiger partial charge < -0.3 is 10.3 Å². The number of anilines is 1. The summed E-state index contributed by atoms with van der Waals surface area (Å²) in [6.07, 6.45) is 5.10. The number of hydrogen-bond acceptors (Lipinski definition) is 5. The monoisotopic (exact) mass is 413 g/mol. The largest absolute Gasteiger partial charge is 0.358 e. The van der Waals surface area contributed by atoms with Gasteiger partial charge >= 0.3 is 0 Å². The molecule has 1 fully saturated rings. The third-order valence-corrected chi connectivity index (χ3v) is 5.79. The van der Waals surface area contributed by atoms with Gasteiger partial charge in [-0.25, -0.2) is 24.3 Å². The summed E-state index contributed by atoms with van der Waals surface area (Å²) in [5.41, 5.74) is 4.71. The van der Waals surface area contributed by atoms with E-state index in [0.29, 0.717) is 11.5 Å². The van der Waals surface area contributed by atoms with E-state index >= 15 is 0 Å². The van der Waals surface area contributed by atoms with E-state index in [4.69, 9.17) is 4.98 Å². The maximum atomic E-state index is 14.9. The summed E-state index contributed by atoms with van der Waals surface area (Å²) in [5.74, 6) is 1.54. The summed E-state index contributed by atoms with van der Waals surface area (Å²) in [4.78, 5) is 20.8. The standard InChI is InChI=1S/C23H20FN7/c1-13(29-22-19-21(26-11-25-19)27-12-28-22)23-30-17-10-9-16(24)18(14-7-8-14)20(17)31(23)15-5-3-2-4-6-15/h2-6,9-14H,7-8H2,1H3,(H2,25,26,27,28,29). The fraction of sp³-hybridized carbons (Fsp3) is 0.217. The zero-order chi connectivity index (χ0) is 20.9. The number of hydrogen-bond donors (Lipinski definition) is 2. The molecule has 8 heteroatoms. The van der Waals surface area contributed by atoms with E-state index in [0.717, 1.165) is 46.5 Å². The Morgan fingerprint density at radius 2 is 1.94 bits per heavy atom. The van der Waals surface area contributed by atoms with Crippen molar-refractivity contribution in [3.63, 3.8) is 0 Å². The second kappa shape index (κ2) is 6.87. The van der Waals surface area contributed by atoms with Crippen molar-refractivity contribution in [1.82, 2.24) is 29.5 Å². The maximum Gasteiger partial charge on any atom is 0.182 e. The predicted octanol–water partition coefficient (Wildman–Crippen LogP) is 4.88. The number of para-hydroxylation sites is 1. The molecular weight excluding hydrogens is 393 g/mol. The van der Waals surface area contributed by atoms with Crippen LogP contribution < -0.4 is 5.32 Å². The van der Waals surface area contributed by atoms with Crippen molar-refractivity contribution < 1.29 is 4.39 Å². The van der Waals surface area contributed by atoms with E-state index in [2.05, 4.69) is 29.8 Å². The third-order valence-electron chi connectivity index (χ3n) is 5.79. The minimum Gasteiger partial charge on any atom is -0.358 e. The van der Waals surface area contributed by atoms with E-state index < -0.39 is 0 Å². The highest BCUT2D eigenvalue weighted by Gasteiger charge is 2.32. The average Bonchev–Trinajstić information content (AvgIpc) is 3.36. The minimum atomic E-state index is -0.205. The zero-order valence-electron chi connectivity index (χ0n) is 16.9. The van der Waals surface area contributed by atoms with Crippen molar-refractivity contribution in [3.05, 3.63) is 72.3 Å². The molecule has 0 amide bonds. The van der Waals surface area contributed by atoms with Gasteiger partial charge in [0.15, 0.2) is 11.5 Å². The van der Waals surface area contributed by atoms with Gasteiger partial charge in [-0.3, -0.25) is 4.57 Å². The molecule has 1 saturated carbocycles. The first kappa shape index (κ1) is 18.0. The van der Waals surface area contributed by atoms with Crippen LogP contribution in [0.25, 0.3) is 27.9 Å². The number of H-pyrrole nitrogens is 1. The molecular formula is C23H20FN7. The van der Waals surface area contributed by atoms with E-state index in [-0.39, 0.29) is 17.8 Å². The molecule has 0 saturated heterocycles. The summed E-state index contributed by atoms with van der Waals surface area (Å²) in [5, 5.41) is 3.44. The lowest BCUT2D eigenvalue weighted by molar-refractivity contribution is 0.612. The van der Waals surface area contributed by atoms with Crippen LogP contribution in [0, 0.1) is 5.82 Å². The fourth-order valence-corrected chi connectivity index (χ4v) is 4.22. The first-order valence-electron chi connectivity index (χ1n) is 10.4. The highest BCUT2D eigenvalue weighted by molar-refractivity contribution is 5.84. The molecule has 1 aliphatic rings. The summed E-state index contributed by atoms with van der Waals surface area (Å²) < 4.78 is 17.0. The number of aromatic amines is 1. The van der Waals surface area contributed by atoms with Crippen molar-refractivity contribution in [2.45, 2.75) is 31.7 Å². The van der Waals surface area contributed by atoms with Gasteiger partial charge in [0.25, 0.3) is 0 Å². The van der Waals surface area contributed by atoms with Crippen LogP contribution in [0.4, 0.5) is 10.2 Å². The fourth-order valence-electron chi connectivity index (χ4n) is 4.22. The Balaban J connectivity index is 1.54. The first-order chi connectivity index (χ1) is 15.2. The van der Waals surface area contributed by atoms with Gasteiger partial charge in [0.1, 0.15) is 23.5 Å². The van der Waals surface area contributed by atoms with Crippen molar-refractivity contribution in [2.24, 2.45) is 0 Å². The molecule has 7 nitrogen and oxygen atoms in total. The first-order valence-corrected chi connectivity index (χ1v) is 10.4. The lowest BCUT2D eigenvalue weighted by Gasteiger charge is -2.18. The van der Waals surface area contributed by atoms with Gasteiger partial charge in [0, 0.05) is 11.3 Å². The third kappa shape index (κ3) is 2.94. The van der Waals surface area contributed by atoms with E-state index in [1.807, 2.05) is 37.3 Å². The molecule has 3 aromatic heterocycles. The Bertz CT molecular complexity index is 1400. The van der Waals surface area contributed by atoms with Crippen molar-refractivity contribution in [3.8, 4) is 5.69 Å². The molecule has 31 heavy (non-hydrogen) atoms. The van der Waals surface area contributed by atoms with Gasteiger partial charge in [0.05, 0.1) is 23.4 Å². The number of halogens is 1. The van der Waals surface area contributed by atoms with Crippen LogP contribution in [0.1, 0.15) is 43.1 Å². The van der Waals surface area contributed by atoms with Crippen LogP contribution in [0.2, 0.25) is 0 Å². The number of rotatable bonds is 5. The molecule has 2 N–H and O–H groups in total. The van der Waals surface area contributed by atoms with Crippen LogP contribution in [0.3, 0.4) is 0 Å². The van der Waals surface area contributed by atoms with Crippen LogP contribution in [-0.4, -0.2) is 29.5 Å². The lowest BCUT2D eigenvalue weighted by atomic mass is 10.1. The molecule has 2 aromatic carbocycles. The number of imidazole rings is 2. The van der Waals surface area contributed by atoms with Gasteiger partial charge in [-0.1, -0.05) is 18.2 Å². The molecule has 1 unspecified atom stereocenters. The zero-order valence-corrected chi connectivity index (χ0v) is 16.9. The Morgan fingerprint density at radius 3 is 2.74 bits per heavy atom. The van der Waals surface area contributed by atoms with Gasteiger partial charge in [0.2, 0.25) is 0 Å². The topological polar surface area (TPSA) is 84.3 Å².